The van der Waals surface area contributed by atoms with Crippen LogP contribution in [-0.2, 0) is 0 Å². The molecule has 120 valence electrons. The highest BCUT2D eigenvalue weighted by atomic mass is 32.2. The third kappa shape index (κ3) is 4.21. The van der Waals surface area contributed by atoms with E-state index in [-0.39, 0.29) is 11.9 Å². The van der Waals surface area contributed by atoms with Gasteiger partial charge in [-0.3, -0.25) is 4.79 Å². The molecular formula is C17H24N2OS2. The van der Waals surface area contributed by atoms with Gasteiger partial charge in [0, 0.05) is 17.6 Å². The summed E-state index contributed by atoms with van der Waals surface area (Å²) in [5, 5.41) is 3.15. The molecular weight excluding hydrogens is 312 g/mol. The molecule has 3 N–H and O–H groups in total. The molecule has 1 aliphatic carbocycles. The lowest BCUT2D eigenvalue weighted by Gasteiger charge is -2.27. The van der Waals surface area contributed by atoms with Crippen molar-refractivity contribution in [2.45, 2.75) is 48.8 Å². The van der Waals surface area contributed by atoms with Crippen LogP contribution in [0, 0.1) is 0 Å². The molecule has 1 saturated carbocycles. The molecule has 0 radical (unpaired) electrons. The second kappa shape index (κ2) is 7.75. The van der Waals surface area contributed by atoms with Gasteiger partial charge in [-0.05, 0) is 61.3 Å². The quantitative estimate of drug-likeness (QED) is 0.886. The van der Waals surface area contributed by atoms with E-state index in [2.05, 4.69) is 17.4 Å². The minimum atomic E-state index is 0.0518. The predicted octanol–water partition coefficient (Wildman–Crippen LogP) is 3.56. The Hall–Kier alpha value is -0.650. The lowest BCUT2D eigenvalue weighted by Crippen LogP contribution is -2.40. The molecule has 0 atom stereocenters. The highest BCUT2D eigenvalue weighted by molar-refractivity contribution is 8.16. The van der Waals surface area contributed by atoms with Crippen molar-refractivity contribution in [1.29, 1.82) is 0 Å². The number of benzene rings is 1. The van der Waals surface area contributed by atoms with E-state index in [1.165, 1.54) is 23.5 Å². The van der Waals surface area contributed by atoms with E-state index >= 15 is 0 Å². The normalized spacial score (nSPS) is 26.6. The average molecular weight is 337 g/mol. The van der Waals surface area contributed by atoms with Crippen LogP contribution in [0.5, 0.6) is 0 Å². The Balaban J connectivity index is 1.56. The summed E-state index contributed by atoms with van der Waals surface area (Å²) in [6.45, 7) is 0. The van der Waals surface area contributed by atoms with Crippen molar-refractivity contribution in [2.75, 3.05) is 11.5 Å². The highest BCUT2D eigenvalue weighted by Gasteiger charge is 2.21. The fourth-order valence-electron chi connectivity index (χ4n) is 3.00. The van der Waals surface area contributed by atoms with E-state index in [0.29, 0.717) is 10.6 Å². The molecule has 1 aromatic carbocycles. The van der Waals surface area contributed by atoms with Crippen LogP contribution in [0.2, 0.25) is 0 Å². The molecule has 3 rings (SSSR count). The van der Waals surface area contributed by atoms with E-state index in [9.17, 15) is 4.79 Å². The summed E-state index contributed by atoms with van der Waals surface area (Å²) in [6.07, 6.45) is 5.33. The zero-order chi connectivity index (χ0) is 15.4. The van der Waals surface area contributed by atoms with Crippen LogP contribution in [-0.4, -0.2) is 29.5 Å². The fraction of sp³-hybridized carbons (Fsp3) is 0.588. The molecule has 1 amide bonds. The maximum atomic E-state index is 12.3. The average Bonchev–Trinajstić information content (AvgIpc) is 2.58. The summed E-state index contributed by atoms with van der Waals surface area (Å²) in [6, 6.07) is 8.77. The number of nitrogens with two attached hydrogens (primary N) is 1. The van der Waals surface area contributed by atoms with Gasteiger partial charge in [0.05, 0.1) is 4.58 Å². The van der Waals surface area contributed by atoms with Crippen LogP contribution in [0.15, 0.2) is 24.3 Å². The maximum absolute atomic E-state index is 12.3. The Morgan fingerprint density at radius 1 is 1.05 bits per heavy atom. The van der Waals surface area contributed by atoms with Crippen molar-refractivity contribution in [3.8, 4) is 0 Å². The van der Waals surface area contributed by atoms with Gasteiger partial charge in [0.1, 0.15) is 0 Å². The van der Waals surface area contributed by atoms with Gasteiger partial charge in [-0.2, -0.15) is 0 Å². The third-order valence-corrected chi connectivity index (χ3v) is 7.39. The Morgan fingerprint density at radius 2 is 1.68 bits per heavy atom. The van der Waals surface area contributed by atoms with Gasteiger partial charge in [0.25, 0.3) is 5.91 Å². The summed E-state index contributed by atoms with van der Waals surface area (Å²) < 4.78 is 0.533. The number of thioether (sulfide) groups is 2. The second-order valence-corrected chi connectivity index (χ2v) is 8.86. The van der Waals surface area contributed by atoms with Gasteiger partial charge in [-0.25, -0.2) is 0 Å². The van der Waals surface area contributed by atoms with Crippen molar-refractivity contribution >= 4 is 29.4 Å². The Labute approximate surface area is 141 Å². The first-order chi connectivity index (χ1) is 10.7. The van der Waals surface area contributed by atoms with Gasteiger partial charge >= 0.3 is 0 Å². The number of nitrogens with one attached hydrogen (secondary N) is 1. The van der Waals surface area contributed by atoms with E-state index in [0.717, 1.165) is 31.2 Å². The van der Waals surface area contributed by atoms with Gasteiger partial charge in [0.15, 0.2) is 0 Å². The van der Waals surface area contributed by atoms with Crippen LogP contribution in [0.3, 0.4) is 0 Å². The monoisotopic (exact) mass is 336 g/mol. The zero-order valence-corrected chi connectivity index (χ0v) is 14.4. The smallest absolute Gasteiger partial charge is 0.251 e. The molecule has 2 fully saturated rings. The Bertz CT molecular complexity index is 492. The molecule has 22 heavy (non-hydrogen) atoms. The summed E-state index contributed by atoms with van der Waals surface area (Å²) in [4.78, 5) is 12.3. The van der Waals surface area contributed by atoms with Crippen LogP contribution >= 0.6 is 23.5 Å². The van der Waals surface area contributed by atoms with Crippen molar-refractivity contribution < 1.29 is 4.79 Å². The fourth-order valence-corrected chi connectivity index (χ4v) is 5.90. The molecule has 1 heterocycles. The van der Waals surface area contributed by atoms with Crippen molar-refractivity contribution in [2.24, 2.45) is 5.73 Å². The minimum Gasteiger partial charge on any atom is -0.349 e. The molecule has 1 aromatic rings. The van der Waals surface area contributed by atoms with Crippen molar-refractivity contribution in [1.82, 2.24) is 5.32 Å². The summed E-state index contributed by atoms with van der Waals surface area (Å²) in [5.41, 5.74) is 8.01. The molecule has 1 aliphatic heterocycles. The largest absolute Gasteiger partial charge is 0.349 e. The Kier molecular flexibility index (Phi) is 5.71. The molecule has 5 heteroatoms. The summed E-state index contributed by atoms with van der Waals surface area (Å²) >= 11 is 4.02. The van der Waals surface area contributed by atoms with E-state index in [1.54, 1.807) is 0 Å². The van der Waals surface area contributed by atoms with Crippen LogP contribution in [0.25, 0.3) is 0 Å². The molecule has 0 spiro atoms. The highest BCUT2D eigenvalue weighted by Crippen LogP contribution is 2.43. The van der Waals surface area contributed by atoms with Gasteiger partial charge in [0.2, 0.25) is 0 Å². The molecule has 1 saturated heterocycles. The van der Waals surface area contributed by atoms with E-state index in [1.807, 2.05) is 35.7 Å². The van der Waals surface area contributed by atoms with Gasteiger partial charge < -0.3 is 11.1 Å². The van der Waals surface area contributed by atoms with E-state index < -0.39 is 0 Å². The molecule has 0 unspecified atom stereocenters. The molecule has 0 aromatic heterocycles. The molecule has 0 bridgehead atoms. The van der Waals surface area contributed by atoms with Crippen molar-refractivity contribution in [3.05, 3.63) is 35.4 Å². The van der Waals surface area contributed by atoms with Gasteiger partial charge in [-0.15, -0.1) is 23.5 Å². The third-order valence-electron chi connectivity index (χ3n) is 4.38. The standard InChI is InChI=1S/C17H24N2OS2/c18-14-6-8-15(9-7-14)19-16(20)12-2-4-13(5-3-12)17-21-10-1-11-22-17/h2-5,14-15,17H,1,6-11,18H2,(H,19,20). The topological polar surface area (TPSA) is 55.1 Å². The first-order valence-corrected chi connectivity index (χ1v) is 10.2. The number of rotatable bonds is 3. The second-order valence-electron chi connectivity index (χ2n) is 6.13. The lowest BCUT2D eigenvalue weighted by atomic mass is 9.91. The number of hydrogen-bond donors (Lipinski definition) is 2. The molecule has 2 aliphatic rings. The number of amides is 1. The van der Waals surface area contributed by atoms with Gasteiger partial charge in [-0.1, -0.05) is 12.1 Å². The molecule has 3 nitrogen and oxygen atoms in total. The number of hydrogen-bond acceptors (Lipinski definition) is 4. The summed E-state index contributed by atoms with van der Waals surface area (Å²) in [5.74, 6) is 2.53. The first kappa shape index (κ1) is 16.2. The van der Waals surface area contributed by atoms with Crippen LogP contribution < -0.4 is 11.1 Å². The lowest BCUT2D eigenvalue weighted by molar-refractivity contribution is 0.0926. The van der Waals surface area contributed by atoms with Crippen molar-refractivity contribution in [3.63, 3.8) is 0 Å². The predicted molar refractivity (Wildman–Crippen MR) is 96.4 cm³/mol. The SMILES string of the molecule is NC1CCC(NC(=O)c2ccc(C3SCCCS3)cc2)CC1. The van der Waals surface area contributed by atoms with Crippen LogP contribution in [0.4, 0.5) is 0 Å². The van der Waals surface area contributed by atoms with E-state index in [4.69, 9.17) is 5.73 Å². The number of carbonyl (C=O) groups excluding carboxylic acids is 1. The zero-order valence-electron chi connectivity index (χ0n) is 12.8. The Morgan fingerprint density at radius 3 is 2.32 bits per heavy atom. The number of carbonyl (C=O) groups is 1. The first-order valence-electron chi connectivity index (χ1n) is 8.12. The maximum Gasteiger partial charge on any atom is 0.251 e. The van der Waals surface area contributed by atoms with Crippen LogP contribution in [0.1, 0.15) is 52.6 Å². The summed E-state index contributed by atoms with van der Waals surface area (Å²) in [7, 11) is 0. The minimum absolute atomic E-state index is 0.0518.